The Morgan fingerprint density at radius 2 is 2.17 bits per heavy atom. The van der Waals surface area contributed by atoms with Crippen molar-refractivity contribution in [1.82, 2.24) is 0 Å². The largest absolute Gasteiger partial charge is 0.381 e. The molecule has 0 amide bonds. The van der Waals surface area contributed by atoms with Gasteiger partial charge in [0.25, 0.3) is 5.69 Å². The molecule has 0 aliphatic carbocycles. The molecule has 1 atom stereocenters. The van der Waals surface area contributed by atoms with E-state index in [0.717, 1.165) is 30.5 Å². The third kappa shape index (κ3) is 4.33. The molecule has 0 bridgehead atoms. The zero-order chi connectivity index (χ0) is 13.5. The van der Waals surface area contributed by atoms with Crippen molar-refractivity contribution in [2.24, 2.45) is 5.73 Å². The summed E-state index contributed by atoms with van der Waals surface area (Å²) in [7, 11) is 0. The fraction of sp³-hybridized carbons (Fsp3) is 0.538. The topological polar surface area (TPSA) is 81.2 Å². The van der Waals surface area contributed by atoms with Gasteiger partial charge < -0.3 is 11.1 Å². The van der Waals surface area contributed by atoms with Gasteiger partial charge in [-0.25, -0.2) is 0 Å². The quantitative estimate of drug-likeness (QED) is 0.576. The van der Waals surface area contributed by atoms with Gasteiger partial charge in [0.05, 0.1) is 4.92 Å². The van der Waals surface area contributed by atoms with Crippen LogP contribution in [0.1, 0.15) is 31.7 Å². The van der Waals surface area contributed by atoms with Crippen LogP contribution in [0.25, 0.3) is 0 Å². The summed E-state index contributed by atoms with van der Waals surface area (Å²) in [6, 6.07) is 5.20. The van der Waals surface area contributed by atoms with Crippen LogP contribution in [0.15, 0.2) is 18.2 Å². The van der Waals surface area contributed by atoms with Gasteiger partial charge in [-0.15, -0.1) is 0 Å². The molecule has 0 fully saturated rings. The average molecular weight is 251 g/mol. The molecule has 1 aromatic rings. The van der Waals surface area contributed by atoms with E-state index in [0.29, 0.717) is 6.54 Å². The number of hydrogen-bond donors (Lipinski definition) is 2. The maximum atomic E-state index is 10.8. The molecule has 3 N–H and O–H groups in total. The summed E-state index contributed by atoms with van der Waals surface area (Å²) < 4.78 is 0. The first kappa shape index (κ1) is 14.4. The zero-order valence-corrected chi connectivity index (χ0v) is 11.0. The maximum absolute atomic E-state index is 10.8. The van der Waals surface area contributed by atoms with Crippen LogP contribution in [0.3, 0.4) is 0 Å². The lowest BCUT2D eigenvalue weighted by Gasteiger charge is -2.18. The Kier molecular flexibility index (Phi) is 5.58. The molecule has 0 saturated carbocycles. The molecule has 0 aliphatic heterocycles. The van der Waals surface area contributed by atoms with Crippen molar-refractivity contribution < 1.29 is 4.92 Å². The second-order valence-corrected chi connectivity index (χ2v) is 4.53. The minimum absolute atomic E-state index is 0.115. The van der Waals surface area contributed by atoms with Gasteiger partial charge in [-0.1, -0.05) is 19.8 Å². The van der Waals surface area contributed by atoms with Crippen molar-refractivity contribution in [3.63, 3.8) is 0 Å². The highest BCUT2D eigenvalue weighted by Gasteiger charge is 2.11. The Balaban J connectivity index is 2.79. The molecular formula is C13H21N3O2. The molecule has 5 nitrogen and oxygen atoms in total. The first-order chi connectivity index (χ1) is 8.56. The highest BCUT2D eigenvalue weighted by molar-refractivity contribution is 5.54. The van der Waals surface area contributed by atoms with Gasteiger partial charge >= 0.3 is 0 Å². The SMILES string of the molecule is CCCCC(CN)Nc1cc(C)cc([N+](=O)[O-])c1. The molecule has 100 valence electrons. The molecule has 1 aromatic carbocycles. The molecule has 0 radical (unpaired) electrons. The van der Waals surface area contributed by atoms with Gasteiger partial charge in [0.2, 0.25) is 0 Å². The second kappa shape index (κ2) is 6.96. The minimum atomic E-state index is -0.373. The Morgan fingerprint density at radius 3 is 2.72 bits per heavy atom. The monoisotopic (exact) mass is 251 g/mol. The fourth-order valence-corrected chi connectivity index (χ4v) is 1.89. The van der Waals surface area contributed by atoms with Crippen molar-refractivity contribution in [2.45, 2.75) is 39.2 Å². The van der Waals surface area contributed by atoms with Crippen LogP contribution in [0.2, 0.25) is 0 Å². The highest BCUT2D eigenvalue weighted by Crippen LogP contribution is 2.21. The molecule has 0 aromatic heterocycles. The summed E-state index contributed by atoms with van der Waals surface area (Å²) in [6.07, 6.45) is 3.20. The Morgan fingerprint density at radius 1 is 1.44 bits per heavy atom. The van der Waals surface area contributed by atoms with E-state index in [4.69, 9.17) is 5.73 Å². The van der Waals surface area contributed by atoms with Crippen LogP contribution in [0.4, 0.5) is 11.4 Å². The molecule has 0 aliphatic rings. The number of nitro benzene ring substituents is 1. The van der Waals surface area contributed by atoms with Gasteiger partial charge in [-0.05, 0) is 25.0 Å². The standard InChI is InChI=1S/C13H21N3O2/c1-3-4-5-11(9-14)15-12-6-10(2)7-13(8-12)16(17)18/h6-8,11,15H,3-5,9,14H2,1-2H3. The smallest absolute Gasteiger partial charge is 0.271 e. The zero-order valence-electron chi connectivity index (χ0n) is 11.0. The molecule has 1 rings (SSSR count). The van der Waals surface area contributed by atoms with E-state index < -0.39 is 0 Å². The maximum Gasteiger partial charge on any atom is 0.271 e. The highest BCUT2D eigenvalue weighted by atomic mass is 16.6. The van der Waals surface area contributed by atoms with Crippen LogP contribution in [-0.4, -0.2) is 17.5 Å². The normalized spacial score (nSPS) is 12.2. The van der Waals surface area contributed by atoms with E-state index >= 15 is 0 Å². The van der Waals surface area contributed by atoms with Crippen LogP contribution < -0.4 is 11.1 Å². The number of hydrogen-bond acceptors (Lipinski definition) is 4. The second-order valence-electron chi connectivity index (χ2n) is 4.53. The van der Waals surface area contributed by atoms with E-state index in [-0.39, 0.29) is 16.7 Å². The third-order valence-electron chi connectivity index (χ3n) is 2.83. The number of nitrogens with zero attached hydrogens (tertiary/aromatic N) is 1. The Labute approximate surface area is 108 Å². The number of aryl methyl sites for hydroxylation is 1. The number of unbranched alkanes of at least 4 members (excludes halogenated alkanes) is 1. The van der Waals surface area contributed by atoms with Gasteiger partial charge in [0, 0.05) is 30.4 Å². The molecule has 1 unspecified atom stereocenters. The van der Waals surface area contributed by atoms with Gasteiger partial charge in [0.15, 0.2) is 0 Å². The first-order valence-electron chi connectivity index (χ1n) is 6.29. The Bertz CT molecular complexity index is 407. The number of nitrogens with one attached hydrogen (secondary N) is 1. The van der Waals surface area contributed by atoms with Crippen molar-refractivity contribution in [1.29, 1.82) is 0 Å². The molecule has 0 spiro atoms. The number of anilines is 1. The predicted octanol–water partition coefficient (Wildman–Crippen LogP) is 2.83. The number of nitrogens with two attached hydrogens (primary N) is 1. The third-order valence-corrected chi connectivity index (χ3v) is 2.83. The fourth-order valence-electron chi connectivity index (χ4n) is 1.89. The van der Waals surface area contributed by atoms with Crippen molar-refractivity contribution in [3.8, 4) is 0 Å². The number of nitro groups is 1. The van der Waals surface area contributed by atoms with Crippen molar-refractivity contribution in [2.75, 3.05) is 11.9 Å². The summed E-state index contributed by atoms with van der Waals surface area (Å²) in [5.41, 5.74) is 7.46. The van der Waals surface area contributed by atoms with Gasteiger partial charge in [-0.2, -0.15) is 0 Å². The molecule has 18 heavy (non-hydrogen) atoms. The lowest BCUT2D eigenvalue weighted by molar-refractivity contribution is -0.384. The molecule has 5 heteroatoms. The van der Waals surface area contributed by atoms with E-state index in [2.05, 4.69) is 12.2 Å². The van der Waals surface area contributed by atoms with Crippen molar-refractivity contribution in [3.05, 3.63) is 33.9 Å². The van der Waals surface area contributed by atoms with E-state index in [1.807, 2.05) is 13.0 Å². The molecule has 0 heterocycles. The average Bonchev–Trinajstić information content (AvgIpc) is 2.33. The van der Waals surface area contributed by atoms with Crippen LogP contribution >= 0.6 is 0 Å². The number of benzene rings is 1. The van der Waals surface area contributed by atoms with E-state index in [1.165, 1.54) is 0 Å². The molecular weight excluding hydrogens is 230 g/mol. The lowest BCUT2D eigenvalue weighted by Crippen LogP contribution is -2.28. The van der Waals surface area contributed by atoms with Gasteiger partial charge in [-0.3, -0.25) is 10.1 Å². The first-order valence-corrected chi connectivity index (χ1v) is 6.29. The summed E-state index contributed by atoms with van der Waals surface area (Å²) in [4.78, 5) is 10.4. The summed E-state index contributed by atoms with van der Waals surface area (Å²) in [6.45, 7) is 4.51. The van der Waals surface area contributed by atoms with E-state index in [9.17, 15) is 10.1 Å². The minimum Gasteiger partial charge on any atom is -0.381 e. The molecule has 0 saturated heterocycles. The summed E-state index contributed by atoms with van der Waals surface area (Å²) >= 11 is 0. The summed E-state index contributed by atoms with van der Waals surface area (Å²) in [5, 5.41) is 14.1. The van der Waals surface area contributed by atoms with Gasteiger partial charge in [0.1, 0.15) is 0 Å². The van der Waals surface area contributed by atoms with Crippen LogP contribution in [0.5, 0.6) is 0 Å². The lowest BCUT2D eigenvalue weighted by atomic mass is 10.1. The van der Waals surface area contributed by atoms with E-state index in [1.54, 1.807) is 12.1 Å². The Hall–Kier alpha value is -1.62. The van der Waals surface area contributed by atoms with Crippen LogP contribution in [0, 0.1) is 17.0 Å². The van der Waals surface area contributed by atoms with Crippen LogP contribution in [-0.2, 0) is 0 Å². The number of non-ortho nitro benzene ring substituents is 1. The summed E-state index contributed by atoms with van der Waals surface area (Å²) in [5.74, 6) is 0. The number of rotatable bonds is 7. The van der Waals surface area contributed by atoms with Crippen molar-refractivity contribution >= 4 is 11.4 Å². The predicted molar refractivity (Wildman–Crippen MR) is 73.8 cm³/mol.